The van der Waals surface area contributed by atoms with Gasteiger partial charge in [0.15, 0.2) is 0 Å². The molecule has 116 valence electrons. The van der Waals surface area contributed by atoms with Crippen LogP contribution in [0.2, 0.25) is 0 Å². The lowest BCUT2D eigenvalue weighted by Gasteiger charge is -2.12. The summed E-state index contributed by atoms with van der Waals surface area (Å²) in [5, 5.41) is 8.77. The van der Waals surface area contributed by atoms with E-state index in [-0.39, 0.29) is 17.4 Å². The van der Waals surface area contributed by atoms with Crippen LogP contribution < -0.4 is 4.72 Å². The van der Waals surface area contributed by atoms with E-state index in [0.29, 0.717) is 18.5 Å². The van der Waals surface area contributed by atoms with Crippen molar-refractivity contribution in [2.24, 2.45) is 5.92 Å². The van der Waals surface area contributed by atoms with Gasteiger partial charge in [0.05, 0.1) is 11.5 Å². The zero-order valence-corrected chi connectivity index (χ0v) is 13.6. The summed E-state index contributed by atoms with van der Waals surface area (Å²) in [4.78, 5) is 0.196. The quantitative estimate of drug-likeness (QED) is 0.790. The SMILES string of the molecule is CCC(C)CNS(=O)(=O)c1ccc(C)cc1C#CCCO. The van der Waals surface area contributed by atoms with Gasteiger partial charge in [0.25, 0.3) is 0 Å². The Labute approximate surface area is 127 Å². The first-order valence-corrected chi connectivity index (χ1v) is 8.59. The van der Waals surface area contributed by atoms with Crippen LogP contribution in [0.5, 0.6) is 0 Å². The Morgan fingerprint density at radius 3 is 2.71 bits per heavy atom. The van der Waals surface area contributed by atoms with E-state index in [9.17, 15) is 8.42 Å². The Hall–Kier alpha value is -1.35. The number of aryl methyl sites for hydroxylation is 1. The van der Waals surface area contributed by atoms with E-state index in [2.05, 4.69) is 16.6 Å². The van der Waals surface area contributed by atoms with Gasteiger partial charge in [-0.1, -0.05) is 38.2 Å². The normalized spacial score (nSPS) is 12.6. The van der Waals surface area contributed by atoms with Crippen molar-refractivity contribution in [2.45, 2.75) is 38.5 Å². The molecule has 1 unspecified atom stereocenters. The zero-order valence-electron chi connectivity index (χ0n) is 12.8. The van der Waals surface area contributed by atoms with Gasteiger partial charge in [-0.25, -0.2) is 13.1 Å². The highest BCUT2D eigenvalue weighted by molar-refractivity contribution is 7.89. The molecule has 5 heteroatoms. The molecule has 0 aliphatic rings. The summed E-state index contributed by atoms with van der Waals surface area (Å²) in [6.45, 7) is 6.29. The maximum atomic E-state index is 12.4. The van der Waals surface area contributed by atoms with Crippen LogP contribution in [0.15, 0.2) is 23.1 Å². The number of hydrogen-bond donors (Lipinski definition) is 2. The van der Waals surface area contributed by atoms with E-state index in [0.717, 1.165) is 12.0 Å². The highest BCUT2D eigenvalue weighted by Gasteiger charge is 2.18. The molecule has 0 aliphatic heterocycles. The Morgan fingerprint density at radius 2 is 2.10 bits per heavy atom. The van der Waals surface area contributed by atoms with Crippen molar-refractivity contribution >= 4 is 10.0 Å². The number of aliphatic hydroxyl groups is 1. The monoisotopic (exact) mass is 309 g/mol. The van der Waals surface area contributed by atoms with Crippen molar-refractivity contribution in [3.8, 4) is 11.8 Å². The maximum absolute atomic E-state index is 12.4. The molecule has 0 amide bonds. The molecular weight excluding hydrogens is 286 g/mol. The highest BCUT2D eigenvalue weighted by Crippen LogP contribution is 2.17. The number of nitrogens with one attached hydrogen (secondary N) is 1. The number of sulfonamides is 1. The Morgan fingerprint density at radius 1 is 1.38 bits per heavy atom. The zero-order chi connectivity index (χ0) is 15.9. The second-order valence-electron chi connectivity index (χ2n) is 5.14. The number of aliphatic hydroxyl groups excluding tert-OH is 1. The molecule has 1 aromatic rings. The minimum absolute atomic E-state index is 0.0346. The van der Waals surface area contributed by atoms with Gasteiger partial charge < -0.3 is 5.11 Å². The van der Waals surface area contributed by atoms with Crippen molar-refractivity contribution in [1.82, 2.24) is 4.72 Å². The molecule has 0 saturated carbocycles. The molecule has 1 atom stereocenters. The van der Waals surface area contributed by atoms with Gasteiger partial charge in [0.1, 0.15) is 0 Å². The Balaban J connectivity index is 3.08. The summed E-state index contributed by atoms with van der Waals surface area (Å²) >= 11 is 0. The van der Waals surface area contributed by atoms with Crippen molar-refractivity contribution in [3.63, 3.8) is 0 Å². The molecule has 21 heavy (non-hydrogen) atoms. The molecule has 0 fully saturated rings. The first-order valence-electron chi connectivity index (χ1n) is 7.10. The summed E-state index contributed by atoms with van der Waals surface area (Å²) in [7, 11) is -3.56. The van der Waals surface area contributed by atoms with Crippen LogP contribution in [0.4, 0.5) is 0 Å². The summed E-state index contributed by atoms with van der Waals surface area (Å²) < 4.78 is 27.4. The van der Waals surface area contributed by atoms with E-state index in [1.807, 2.05) is 20.8 Å². The summed E-state index contributed by atoms with van der Waals surface area (Å²) in [6, 6.07) is 5.09. The van der Waals surface area contributed by atoms with Gasteiger partial charge in [0, 0.05) is 18.5 Å². The first-order chi connectivity index (χ1) is 9.90. The smallest absolute Gasteiger partial charge is 0.241 e. The summed E-state index contributed by atoms with van der Waals surface area (Å²) in [5.74, 6) is 5.89. The molecule has 4 nitrogen and oxygen atoms in total. The van der Waals surface area contributed by atoms with Gasteiger partial charge >= 0.3 is 0 Å². The van der Waals surface area contributed by atoms with Gasteiger partial charge in [-0.3, -0.25) is 0 Å². The largest absolute Gasteiger partial charge is 0.395 e. The Bertz CT molecular complexity index is 627. The van der Waals surface area contributed by atoms with Crippen LogP contribution in [0, 0.1) is 24.7 Å². The molecule has 1 aromatic carbocycles. The minimum Gasteiger partial charge on any atom is -0.395 e. The molecular formula is C16H23NO3S. The van der Waals surface area contributed by atoms with Gasteiger partial charge in [-0.2, -0.15) is 0 Å². The van der Waals surface area contributed by atoms with Crippen LogP contribution in [0.3, 0.4) is 0 Å². The van der Waals surface area contributed by atoms with Crippen LogP contribution in [-0.4, -0.2) is 26.7 Å². The third-order valence-corrected chi connectivity index (χ3v) is 4.68. The number of hydrogen-bond acceptors (Lipinski definition) is 3. The Kier molecular flexibility index (Phi) is 6.90. The minimum atomic E-state index is -3.56. The summed E-state index contributed by atoms with van der Waals surface area (Å²) in [5.41, 5.74) is 1.42. The average Bonchev–Trinajstić information content (AvgIpc) is 2.45. The molecule has 1 rings (SSSR count). The fraction of sp³-hybridized carbons (Fsp3) is 0.500. The van der Waals surface area contributed by atoms with E-state index < -0.39 is 10.0 Å². The van der Waals surface area contributed by atoms with Gasteiger partial charge in [0.2, 0.25) is 10.0 Å². The average molecular weight is 309 g/mol. The molecule has 0 aromatic heterocycles. The fourth-order valence-electron chi connectivity index (χ4n) is 1.66. The lowest BCUT2D eigenvalue weighted by molar-refractivity contribution is 0.305. The lowest BCUT2D eigenvalue weighted by Crippen LogP contribution is -2.28. The van der Waals surface area contributed by atoms with Crippen LogP contribution >= 0.6 is 0 Å². The predicted molar refractivity (Wildman–Crippen MR) is 84.4 cm³/mol. The van der Waals surface area contributed by atoms with E-state index in [4.69, 9.17) is 5.11 Å². The standard InChI is InChI=1S/C16H23NO3S/c1-4-13(2)12-17-21(19,20)16-9-8-14(3)11-15(16)7-5-6-10-18/h8-9,11,13,17-18H,4,6,10,12H2,1-3H3. The maximum Gasteiger partial charge on any atom is 0.241 e. The van der Waals surface area contributed by atoms with E-state index in [1.165, 1.54) is 0 Å². The van der Waals surface area contributed by atoms with Gasteiger partial charge in [-0.05, 0) is 30.5 Å². The third kappa shape index (κ3) is 5.50. The lowest BCUT2D eigenvalue weighted by atomic mass is 10.1. The topological polar surface area (TPSA) is 66.4 Å². The number of rotatable bonds is 6. The van der Waals surface area contributed by atoms with Crippen LogP contribution in [0.1, 0.15) is 37.8 Å². The van der Waals surface area contributed by atoms with Crippen molar-refractivity contribution < 1.29 is 13.5 Å². The molecule has 0 bridgehead atoms. The molecule has 0 radical (unpaired) electrons. The molecule has 0 spiro atoms. The number of benzene rings is 1. The highest BCUT2D eigenvalue weighted by atomic mass is 32.2. The van der Waals surface area contributed by atoms with Crippen LogP contribution in [0.25, 0.3) is 0 Å². The second kappa shape index (κ2) is 8.18. The van der Waals surface area contributed by atoms with Gasteiger partial charge in [-0.15, -0.1) is 0 Å². The summed E-state index contributed by atoms with van der Waals surface area (Å²) in [6.07, 6.45) is 1.24. The fourth-order valence-corrected chi connectivity index (χ4v) is 2.97. The van der Waals surface area contributed by atoms with E-state index >= 15 is 0 Å². The first kappa shape index (κ1) is 17.7. The van der Waals surface area contributed by atoms with E-state index in [1.54, 1.807) is 18.2 Å². The predicted octanol–water partition coefficient (Wildman–Crippen LogP) is 2.05. The van der Waals surface area contributed by atoms with Crippen molar-refractivity contribution in [2.75, 3.05) is 13.2 Å². The third-order valence-electron chi connectivity index (χ3n) is 3.20. The molecule has 0 saturated heterocycles. The molecule has 0 aliphatic carbocycles. The van der Waals surface area contributed by atoms with Crippen molar-refractivity contribution in [3.05, 3.63) is 29.3 Å². The molecule has 2 N–H and O–H groups in total. The molecule has 0 heterocycles. The van der Waals surface area contributed by atoms with Crippen LogP contribution in [-0.2, 0) is 10.0 Å². The van der Waals surface area contributed by atoms with Crippen molar-refractivity contribution in [1.29, 1.82) is 0 Å². The second-order valence-corrected chi connectivity index (χ2v) is 6.88.